The Balaban J connectivity index is 1.83. The summed E-state index contributed by atoms with van der Waals surface area (Å²) in [6.07, 6.45) is 4.50. The number of hydrogen-bond donors (Lipinski definition) is 1. The second-order valence-electron chi connectivity index (χ2n) is 10.6. The maximum Gasteiger partial charge on any atom is 0.192 e. The third-order valence-corrected chi connectivity index (χ3v) is 11.7. The number of anilines is 2. The van der Waals surface area contributed by atoms with E-state index in [1.54, 1.807) is 0 Å². The number of piperidine rings is 1. The molecular weight excluding hydrogens is 350 g/mol. The molecule has 4 atom stereocenters. The summed E-state index contributed by atoms with van der Waals surface area (Å²) >= 11 is 0. The van der Waals surface area contributed by atoms with Crippen molar-refractivity contribution >= 4 is 19.7 Å². The minimum Gasteiger partial charge on any atom is -0.413 e. The van der Waals surface area contributed by atoms with Gasteiger partial charge in [-0.25, -0.2) is 0 Å². The van der Waals surface area contributed by atoms with E-state index < -0.39 is 8.32 Å². The van der Waals surface area contributed by atoms with Gasteiger partial charge in [-0.2, -0.15) is 0 Å². The first-order chi connectivity index (χ1) is 12.4. The van der Waals surface area contributed by atoms with Crippen LogP contribution in [0.1, 0.15) is 65.1 Å². The SMILES string of the molecule is C[C@@H]1CCc2c1ncc(N)c2N1C[C@@H](C)C(O[Si](C)(C)C(C)(C)C)[C@@H](C)C1. The van der Waals surface area contributed by atoms with E-state index in [4.69, 9.17) is 10.2 Å². The summed E-state index contributed by atoms with van der Waals surface area (Å²) in [5.41, 5.74) is 11.2. The van der Waals surface area contributed by atoms with E-state index in [-0.39, 0.29) is 5.04 Å². The summed E-state index contributed by atoms with van der Waals surface area (Å²) in [5, 5.41) is 0.246. The van der Waals surface area contributed by atoms with Gasteiger partial charge in [-0.05, 0) is 54.3 Å². The predicted octanol–water partition coefficient (Wildman–Crippen LogP) is 5.20. The second kappa shape index (κ2) is 7.07. The molecular formula is C22H39N3OSi. The maximum absolute atomic E-state index is 6.86. The summed E-state index contributed by atoms with van der Waals surface area (Å²) in [5.74, 6) is 1.53. The highest BCUT2D eigenvalue weighted by atomic mass is 28.4. The number of fused-ring (bicyclic) bond motifs is 1. The maximum atomic E-state index is 6.86. The lowest BCUT2D eigenvalue weighted by Crippen LogP contribution is -2.54. The Hall–Kier alpha value is -1.07. The molecule has 1 aliphatic carbocycles. The second-order valence-corrected chi connectivity index (χ2v) is 15.3. The van der Waals surface area contributed by atoms with Gasteiger partial charge in [-0.1, -0.05) is 41.5 Å². The molecule has 152 valence electrons. The fraction of sp³-hybridized carbons (Fsp3) is 0.773. The van der Waals surface area contributed by atoms with Crippen molar-refractivity contribution in [1.82, 2.24) is 4.98 Å². The van der Waals surface area contributed by atoms with Crippen LogP contribution in [0.4, 0.5) is 11.4 Å². The molecule has 1 fully saturated rings. The molecule has 1 aliphatic heterocycles. The Morgan fingerprint density at radius 1 is 1.15 bits per heavy atom. The van der Waals surface area contributed by atoms with Crippen LogP contribution in [0.3, 0.4) is 0 Å². The molecule has 1 aromatic rings. The van der Waals surface area contributed by atoms with Crippen LogP contribution in [0, 0.1) is 11.8 Å². The van der Waals surface area contributed by atoms with Crippen LogP contribution in [0.15, 0.2) is 6.20 Å². The zero-order chi connectivity index (χ0) is 20.1. The first-order valence-corrected chi connectivity index (χ1v) is 13.5. The van der Waals surface area contributed by atoms with Gasteiger partial charge >= 0.3 is 0 Å². The number of nitrogens with zero attached hydrogens (tertiary/aromatic N) is 2. The van der Waals surface area contributed by atoms with Gasteiger partial charge in [-0.15, -0.1) is 0 Å². The molecule has 0 amide bonds. The minimum atomic E-state index is -1.77. The fourth-order valence-electron chi connectivity index (χ4n) is 4.59. The Morgan fingerprint density at radius 3 is 2.30 bits per heavy atom. The molecule has 4 nitrogen and oxygen atoms in total. The lowest BCUT2D eigenvalue weighted by molar-refractivity contribution is 0.0627. The van der Waals surface area contributed by atoms with Crippen molar-refractivity contribution in [3.63, 3.8) is 0 Å². The summed E-state index contributed by atoms with van der Waals surface area (Å²) in [7, 11) is -1.77. The molecule has 3 rings (SSSR count). The van der Waals surface area contributed by atoms with Crippen LogP contribution in [0.2, 0.25) is 18.1 Å². The number of nitrogen functional groups attached to an aromatic ring is 1. The van der Waals surface area contributed by atoms with Gasteiger partial charge in [0.05, 0.1) is 23.7 Å². The van der Waals surface area contributed by atoms with E-state index >= 15 is 0 Å². The van der Waals surface area contributed by atoms with Crippen LogP contribution < -0.4 is 10.6 Å². The normalized spacial score (nSPS) is 29.1. The Bertz CT molecular complexity index is 686. The molecule has 1 aromatic heterocycles. The van der Waals surface area contributed by atoms with Gasteiger partial charge in [0.1, 0.15) is 0 Å². The zero-order valence-corrected chi connectivity index (χ0v) is 19.6. The summed E-state index contributed by atoms with van der Waals surface area (Å²) in [6, 6.07) is 0. The molecule has 0 spiro atoms. The van der Waals surface area contributed by atoms with Gasteiger partial charge in [0, 0.05) is 18.8 Å². The van der Waals surface area contributed by atoms with Crippen molar-refractivity contribution in [2.45, 2.75) is 84.5 Å². The third-order valence-electron chi connectivity index (χ3n) is 7.20. The molecule has 2 N–H and O–H groups in total. The van der Waals surface area contributed by atoms with Crippen molar-refractivity contribution < 1.29 is 4.43 Å². The highest BCUT2D eigenvalue weighted by Crippen LogP contribution is 2.44. The highest BCUT2D eigenvalue weighted by molar-refractivity contribution is 6.74. The quantitative estimate of drug-likeness (QED) is 0.722. The van der Waals surface area contributed by atoms with Crippen LogP contribution in [0.5, 0.6) is 0 Å². The average Bonchev–Trinajstić information content (AvgIpc) is 2.90. The first-order valence-electron chi connectivity index (χ1n) is 10.6. The third kappa shape index (κ3) is 3.77. The van der Waals surface area contributed by atoms with Crippen molar-refractivity contribution in [1.29, 1.82) is 0 Å². The van der Waals surface area contributed by atoms with Crippen LogP contribution >= 0.6 is 0 Å². The standard InChI is InChI=1S/C22H39N3OSi/c1-14-9-10-17-19(14)24-11-18(23)20(17)25-12-15(2)21(16(3)13-25)26-27(7,8)22(4,5)6/h11,14-16,21H,9-10,12-13,23H2,1-8H3/t14-,15-,16+,21?/m1/s1. The summed E-state index contributed by atoms with van der Waals surface area (Å²) in [4.78, 5) is 7.18. The van der Waals surface area contributed by atoms with E-state index in [1.807, 2.05) is 6.20 Å². The largest absolute Gasteiger partial charge is 0.413 e. The minimum absolute atomic E-state index is 0.246. The Kier molecular flexibility index (Phi) is 5.41. The van der Waals surface area contributed by atoms with E-state index in [1.165, 1.54) is 23.4 Å². The van der Waals surface area contributed by atoms with Crippen LogP contribution in [0.25, 0.3) is 0 Å². The molecule has 0 bridgehead atoms. The lowest BCUT2D eigenvalue weighted by atomic mass is 9.87. The molecule has 0 aromatic carbocycles. The number of nitrogens with two attached hydrogens (primary N) is 1. The van der Waals surface area contributed by atoms with Crippen molar-refractivity contribution in [3.8, 4) is 0 Å². The molecule has 27 heavy (non-hydrogen) atoms. The van der Waals surface area contributed by atoms with Gasteiger partial charge in [0.25, 0.3) is 0 Å². The molecule has 2 heterocycles. The zero-order valence-electron chi connectivity index (χ0n) is 18.6. The molecule has 5 heteroatoms. The number of rotatable bonds is 3. The van der Waals surface area contributed by atoms with Gasteiger partial charge in [-0.3, -0.25) is 4.98 Å². The lowest BCUT2D eigenvalue weighted by Gasteiger charge is -2.48. The van der Waals surface area contributed by atoms with Crippen LogP contribution in [-0.2, 0) is 10.8 Å². The first kappa shape index (κ1) is 20.7. The number of pyridine rings is 1. The smallest absolute Gasteiger partial charge is 0.192 e. The predicted molar refractivity (Wildman–Crippen MR) is 118 cm³/mol. The van der Waals surface area contributed by atoms with E-state index in [0.29, 0.717) is 23.9 Å². The summed E-state index contributed by atoms with van der Waals surface area (Å²) < 4.78 is 6.86. The molecule has 1 unspecified atom stereocenters. The van der Waals surface area contributed by atoms with Crippen molar-refractivity contribution in [2.75, 3.05) is 23.7 Å². The molecule has 2 aliphatic rings. The topological polar surface area (TPSA) is 51.4 Å². The van der Waals surface area contributed by atoms with E-state index in [0.717, 1.165) is 25.2 Å². The fourth-order valence-corrected chi connectivity index (χ4v) is 6.08. The van der Waals surface area contributed by atoms with Crippen LogP contribution in [-0.4, -0.2) is 32.5 Å². The van der Waals surface area contributed by atoms with Crippen molar-refractivity contribution in [2.24, 2.45) is 11.8 Å². The number of hydrogen-bond acceptors (Lipinski definition) is 4. The molecule has 0 saturated carbocycles. The highest BCUT2D eigenvalue weighted by Gasteiger charge is 2.43. The van der Waals surface area contributed by atoms with Gasteiger partial charge < -0.3 is 15.1 Å². The van der Waals surface area contributed by atoms with E-state index in [9.17, 15) is 0 Å². The Morgan fingerprint density at radius 2 is 1.74 bits per heavy atom. The van der Waals surface area contributed by atoms with Crippen molar-refractivity contribution in [3.05, 3.63) is 17.5 Å². The average molecular weight is 390 g/mol. The summed E-state index contributed by atoms with van der Waals surface area (Å²) in [6.45, 7) is 20.7. The Labute approximate surface area is 167 Å². The molecule has 0 radical (unpaired) electrons. The monoisotopic (exact) mass is 389 g/mol. The molecule has 1 saturated heterocycles. The van der Waals surface area contributed by atoms with Gasteiger partial charge in [0.2, 0.25) is 0 Å². The van der Waals surface area contributed by atoms with Gasteiger partial charge in [0.15, 0.2) is 8.32 Å². The number of aromatic nitrogens is 1. The van der Waals surface area contributed by atoms with E-state index in [2.05, 4.69) is 64.5 Å².